The van der Waals surface area contributed by atoms with E-state index in [1.165, 1.54) is 0 Å². The monoisotopic (exact) mass is 123 g/mol. The summed E-state index contributed by atoms with van der Waals surface area (Å²) >= 11 is 0. The zero-order chi connectivity index (χ0) is 0. The molecule has 0 aliphatic rings. The molecular formula is H8CoN4-2. The van der Waals surface area contributed by atoms with Gasteiger partial charge in [0.25, 0.3) is 0 Å². The zero-order valence-electron chi connectivity index (χ0n) is 2.64. The van der Waals surface area contributed by atoms with E-state index < -0.39 is 0 Å². The number of rotatable bonds is 0. The van der Waals surface area contributed by atoms with Gasteiger partial charge in [-0.25, -0.2) is 0 Å². The molecule has 0 saturated heterocycles. The molecule has 1 radical (unpaired) electrons. The Morgan fingerprint density at radius 3 is 0.400 bits per heavy atom. The van der Waals surface area contributed by atoms with E-state index in [1.807, 2.05) is 0 Å². The van der Waals surface area contributed by atoms with Crippen LogP contribution in [0.1, 0.15) is 0 Å². The molecule has 0 spiro atoms. The summed E-state index contributed by atoms with van der Waals surface area (Å²) in [4.78, 5) is 0. The average Bonchev–Trinajstić information content (AvgIpc) is 0. The van der Waals surface area contributed by atoms with Crippen LogP contribution >= 0.6 is 0 Å². The fraction of sp³-hybridized carbons (Fsp3) is 0. The van der Waals surface area contributed by atoms with Crippen LogP contribution < -0.4 is 0 Å². The topological polar surface area (TPSA) is 134 Å². The van der Waals surface area contributed by atoms with Crippen molar-refractivity contribution in [1.82, 2.24) is 0 Å². The summed E-state index contributed by atoms with van der Waals surface area (Å²) in [5.74, 6) is 0. The summed E-state index contributed by atoms with van der Waals surface area (Å²) in [5.41, 5.74) is 0. The van der Waals surface area contributed by atoms with Crippen LogP contribution in [0.3, 0.4) is 0 Å². The smallest absolute Gasteiger partial charge is 0.693 e. The van der Waals surface area contributed by atoms with Gasteiger partial charge < -0.3 is 24.6 Å². The van der Waals surface area contributed by atoms with E-state index >= 15 is 0 Å². The van der Waals surface area contributed by atoms with Crippen LogP contribution in [0.15, 0.2) is 0 Å². The van der Waals surface area contributed by atoms with Crippen LogP contribution in [0, 0.1) is 0 Å². The van der Waals surface area contributed by atoms with Gasteiger partial charge in [0.2, 0.25) is 0 Å². The van der Waals surface area contributed by atoms with Gasteiger partial charge in [-0.05, 0) is 0 Å². The van der Waals surface area contributed by atoms with Crippen LogP contribution in [0.4, 0.5) is 0 Å². The van der Waals surface area contributed by atoms with Crippen LogP contribution in [-0.4, -0.2) is 0 Å². The van der Waals surface area contributed by atoms with Crippen LogP contribution in [0.5, 0.6) is 0 Å². The first kappa shape index (κ1) is 841. The van der Waals surface area contributed by atoms with Crippen molar-refractivity contribution in [2.24, 2.45) is 0 Å². The van der Waals surface area contributed by atoms with Gasteiger partial charge in [0.05, 0.1) is 0 Å². The summed E-state index contributed by atoms with van der Waals surface area (Å²) in [6, 6.07) is 0. The average molecular weight is 123 g/mol. The van der Waals surface area contributed by atoms with Crippen molar-refractivity contribution in [2.45, 2.75) is 0 Å². The zero-order valence-corrected chi connectivity index (χ0v) is 3.68. The first-order valence-electron chi connectivity index (χ1n) is 0. The van der Waals surface area contributed by atoms with Crippen molar-refractivity contribution in [1.29, 1.82) is 0 Å². The third-order valence-electron chi connectivity index (χ3n) is 0. The number of hydrogen-bond acceptors (Lipinski definition) is 0. The van der Waals surface area contributed by atoms with Crippen molar-refractivity contribution >= 4 is 0 Å². The number of nitrogens with two attached hydrogens (primary N) is 4. The largest absolute Gasteiger partial charge is 2.00 e. The second-order valence-electron chi connectivity index (χ2n) is 0. The minimum absolute atomic E-state index is 0. The molecule has 0 aromatic carbocycles. The third-order valence-corrected chi connectivity index (χ3v) is 0. The second kappa shape index (κ2) is 405. The fourth-order valence-electron chi connectivity index (χ4n) is 0. The minimum Gasteiger partial charge on any atom is -0.693 e. The van der Waals surface area contributed by atoms with E-state index in [9.17, 15) is 0 Å². The Morgan fingerprint density at radius 1 is 0.400 bits per heavy atom. The van der Waals surface area contributed by atoms with Gasteiger partial charge in [-0.3, -0.25) is 0 Å². The van der Waals surface area contributed by atoms with Crippen molar-refractivity contribution in [3.8, 4) is 0 Å². The molecule has 8 N–H and O–H groups in total. The quantitative estimate of drug-likeness (QED) is 0.468. The van der Waals surface area contributed by atoms with Crippen LogP contribution in [0.25, 0.3) is 24.6 Å². The molecule has 0 aliphatic heterocycles. The molecule has 0 aromatic rings. The molecule has 5 heavy (non-hydrogen) atoms. The Morgan fingerprint density at radius 2 is 0.400 bits per heavy atom. The molecule has 0 bridgehead atoms. The Bertz CT molecular complexity index is 3.61. The van der Waals surface area contributed by atoms with Gasteiger partial charge in [-0.2, -0.15) is 0 Å². The Kier molecular flexibility index (Phi) is 68200. The van der Waals surface area contributed by atoms with Crippen LogP contribution in [0.2, 0.25) is 0 Å². The van der Waals surface area contributed by atoms with Crippen molar-refractivity contribution in [3.63, 3.8) is 0 Å². The molecule has 4 nitrogen and oxygen atoms in total. The fourth-order valence-corrected chi connectivity index (χ4v) is 0. The van der Waals surface area contributed by atoms with Gasteiger partial charge in [-0.15, -0.1) is 0 Å². The van der Waals surface area contributed by atoms with E-state index in [2.05, 4.69) is 0 Å². The van der Waals surface area contributed by atoms with Gasteiger partial charge in [-0.1, -0.05) is 0 Å². The van der Waals surface area contributed by atoms with E-state index in [1.54, 1.807) is 0 Å². The maximum Gasteiger partial charge on any atom is 2.00 e. The molecule has 0 saturated carbocycles. The predicted octanol–water partition coefficient (Wildman–Crippen LogP) is 2.87. The molecule has 0 rings (SSSR count). The maximum atomic E-state index is 0. The first-order chi connectivity index (χ1) is 0. The van der Waals surface area contributed by atoms with Crippen molar-refractivity contribution < 1.29 is 16.8 Å². The van der Waals surface area contributed by atoms with Crippen molar-refractivity contribution in [2.75, 3.05) is 0 Å². The Hall–Kier alpha value is 0.346. The second-order valence-corrected chi connectivity index (χ2v) is 0. The van der Waals surface area contributed by atoms with E-state index in [0.717, 1.165) is 0 Å². The minimum atomic E-state index is 0. The van der Waals surface area contributed by atoms with E-state index in [0.29, 0.717) is 0 Å². The SMILES string of the molecule is [Co+2].[NH2-].[NH2-].[NH2-].[NH2-]. The molecule has 0 aromatic heterocycles. The van der Waals surface area contributed by atoms with Crippen LogP contribution in [-0.2, 0) is 16.8 Å². The van der Waals surface area contributed by atoms with E-state index in [4.69, 9.17) is 0 Å². The summed E-state index contributed by atoms with van der Waals surface area (Å²) in [6.07, 6.45) is 0. The van der Waals surface area contributed by atoms with Gasteiger partial charge in [0.15, 0.2) is 0 Å². The summed E-state index contributed by atoms with van der Waals surface area (Å²) < 4.78 is 0. The molecule has 0 amide bonds. The molecule has 0 atom stereocenters. The van der Waals surface area contributed by atoms with Gasteiger partial charge in [0.1, 0.15) is 0 Å². The first-order valence-corrected chi connectivity index (χ1v) is 0. The number of hydrogen-bond donors (Lipinski definition) is 0. The molecular weight excluding hydrogens is 115 g/mol. The normalized spacial score (nSPS) is 0. The Balaban J connectivity index is 0. The van der Waals surface area contributed by atoms with E-state index in [-0.39, 0.29) is 41.4 Å². The maximum absolute atomic E-state index is 0. The van der Waals surface area contributed by atoms with Gasteiger partial charge in [0, 0.05) is 0 Å². The third kappa shape index (κ3) is 199. The predicted molar refractivity (Wildman–Crippen MR) is 21.1 cm³/mol. The summed E-state index contributed by atoms with van der Waals surface area (Å²) in [6.45, 7) is 0. The molecule has 39 valence electrons. The Labute approximate surface area is 42.2 Å². The molecule has 0 aliphatic carbocycles. The van der Waals surface area contributed by atoms with Gasteiger partial charge >= 0.3 is 16.8 Å². The molecule has 5 heteroatoms. The summed E-state index contributed by atoms with van der Waals surface area (Å²) in [7, 11) is 0. The summed E-state index contributed by atoms with van der Waals surface area (Å²) in [5, 5.41) is 0. The molecule has 0 fully saturated rings. The molecule has 0 unspecified atom stereocenters. The van der Waals surface area contributed by atoms with Crippen molar-refractivity contribution in [3.05, 3.63) is 24.6 Å². The standard InChI is InChI=1S/Co.4H2N/h;4*1H2/q+2;4*-1. The molecule has 0 heterocycles.